The molecule has 0 fully saturated rings. The maximum Gasteiger partial charge on any atom is 0.00763 e. The third kappa shape index (κ3) is 5.22. The SMILES string of the molecule is CCNCC(C)C(C)NCC. The van der Waals surface area contributed by atoms with Gasteiger partial charge in [-0.2, -0.15) is 0 Å². The predicted octanol–water partition coefficient (Wildman–Crippen LogP) is 1.23. The summed E-state index contributed by atoms with van der Waals surface area (Å²) < 4.78 is 0. The average Bonchev–Trinajstić information content (AvgIpc) is 2.00. The summed E-state index contributed by atoms with van der Waals surface area (Å²) in [4.78, 5) is 0. The normalized spacial score (nSPS) is 16.4. The van der Waals surface area contributed by atoms with Crippen molar-refractivity contribution in [1.29, 1.82) is 0 Å². The first-order valence-electron chi connectivity index (χ1n) is 4.66. The monoisotopic (exact) mass is 158 g/mol. The summed E-state index contributed by atoms with van der Waals surface area (Å²) in [5.41, 5.74) is 0. The Hall–Kier alpha value is -0.0800. The van der Waals surface area contributed by atoms with Crippen LogP contribution in [0.1, 0.15) is 27.7 Å². The fraction of sp³-hybridized carbons (Fsp3) is 1.00. The molecule has 2 atom stereocenters. The molecule has 0 bridgehead atoms. The lowest BCUT2D eigenvalue weighted by atomic mass is 10.0. The van der Waals surface area contributed by atoms with Crippen molar-refractivity contribution in [2.24, 2.45) is 5.92 Å². The molecule has 2 N–H and O–H groups in total. The van der Waals surface area contributed by atoms with Gasteiger partial charge in [0, 0.05) is 6.04 Å². The summed E-state index contributed by atoms with van der Waals surface area (Å²) in [5, 5.41) is 6.76. The van der Waals surface area contributed by atoms with Gasteiger partial charge in [0.1, 0.15) is 0 Å². The summed E-state index contributed by atoms with van der Waals surface area (Å²) in [6.07, 6.45) is 0. The second kappa shape index (κ2) is 6.62. The fourth-order valence-corrected chi connectivity index (χ4v) is 1.07. The first-order valence-corrected chi connectivity index (χ1v) is 4.66. The maximum absolute atomic E-state index is 3.41. The highest BCUT2D eigenvalue weighted by atomic mass is 14.9. The summed E-state index contributed by atoms with van der Waals surface area (Å²) in [5.74, 6) is 0.717. The van der Waals surface area contributed by atoms with Crippen LogP contribution in [0.4, 0.5) is 0 Å². The van der Waals surface area contributed by atoms with Gasteiger partial charge in [0.15, 0.2) is 0 Å². The molecule has 68 valence electrons. The summed E-state index contributed by atoms with van der Waals surface area (Å²) in [6, 6.07) is 0.624. The summed E-state index contributed by atoms with van der Waals surface area (Å²) >= 11 is 0. The molecule has 11 heavy (non-hydrogen) atoms. The zero-order valence-electron chi connectivity index (χ0n) is 8.28. The molecule has 2 unspecified atom stereocenters. The van der Waals surface area contributed by atoms with Gasteiger partial charge in [-0.15, -0.1) is 0 Å². The molecule has 0 aliphatic heterocycles. The second-order valence-corrected chi connectivity index (χ2v) is 3.13. The molecule has 0 amide bonds. The van der Waals surface area contributed by atoms with E-state index in [4.69, 9.17) is 0 Å². The van der Waals surface area contributed by atoms with E-state index >= 15 is 0 Å². The Kier molecular flexibility index (Phi) is 6.57. The van der Waals surface area contributed by atoms with Gasteiger partial charge in [0.05, 0.1) is 0 Å². The molecule has 0 aliphatic rings. The minimum absolute atomic E-state index is 0.624. The van der Waals surface area contributed by atoms with E-state index in [-0.39, 0.29) is 0 Å². The van der Waals surface area contributed by atoms with E-state index in [0.29, 0.717) is 6.04 Å². The Bertz CT molecular complexity index is 83.6. The Balaban J connectivity index is 3.38. The minimum Gasteiger partial charge on any atom is -0.317 e. The molecule has 0 aromatic carbocycles. The Morgan fingerprint density at radius 2 is 1.73 bits per heavy atom. The topological polar surface area (TPSA) is 24.1 Å². The lowest BCUT2D eigenvalue weighted by Gasteiger charge is -2.20. The van der Waals surface area contributed by atoms with Gasteiger partial charge in [0.25, 0.3) is 0 Å². The lowest BCUT2D eigenvalue weighted by Crippen LogP contribution is -2.37. The highest BCUT2D eigenvalue weighted by molar-refractivity contribution is 4.69. The van der Waals surface area contributed by atoms with Crippen molar-refractivity contribution in [3.63, 3.8) is 0 Å². The van der Waals surface area contributed by atoms with Crippen LogP contribution < -0.4 is 10.6 Å². The predicted molar refractivity (Wildman–Crippen MR) is 50.8 cm³/mol. The van der Waals surface area contributed by atoms with Crippen molar-refractivity contribution >= 4 is 0 Å². The second-order valence-electron chi connectivity index (χ2n) is 3.13. The minimum atomic E-state index is 0.624. The van der Waals surface area contributed by atoms with Crippen LogP contribution >= 0.6 is 0 Å². The smallest absolute Gasteiger partial charge is 0.00763 e. The maximum atomic E-state index is 3.41. The van der Waals surface area contributed by atoms with E-state index in [1.165, 1.54) is 0 Å². The Labute approximate surface area is 70.8 Å². The molecule has 0 radical (unpaired) electrons. The molecular weight excluding hydrogens is 136 g/mol. The van der Waals surface area contributed by atoms with Gasteiger partial charge < -0.3 is 10.6 Å². The standard InChI is InChI=1S/C9H22N2/c1-5-10-7-8(3)9(4)11-6-2/h8-11H,5-7H2,1-4H3. The van der Waals surface area contributed by atoms with Crippen LogP contribution in [0.5, 0.6) is 0 Å². The van der Waals surface area contributed by atoms with Crippen LogP contribution in [-0.2, 0) is 0 Å². The first kappa shape index (κ1) is 10.9. The summed E-state index contributed by atoms with van der Waals surface area (Å²) in [6.45, 7) is 12.1. The molecule has 0 saturated carbocycles. The van der Waals surface area contributed by atoms with Crippen molar-refractivity contribution < 1.29 is 0 Å². The summed E-state index contributed by atoms with van der Waals surface area (Å²) in [7, 11) is 0. The number of hydrogen-bond acceptors (Lipinski definition) is 2. The van der Waals surface area contributed by atoms with E-state index in [0.717, 1.165) is 25.6 Å². The molecule has 0 saturated heterocycles. The van der Waals surface area contributed by atoms with Gasteiger partial charge >= 0.3 is 0 Å². The van der Waals surface area contributed by atoms with Crippen LogP contribution in [0.2, 0.25) is 0 Å². The lowest BCUT2D eigenvalue weighted by molar-refractivity contribution is 0.390. The van der Waals surface area contributed by atoms with Gasteiger partial charge in [-0.25, -0.2) is 0 Å². The van der Waals surface area contributed by atoms with Gasteiger partial charge in [-0.05, 0) is 32.5 Å². The molecule has 0 rings (SSSR count). The molecule has 0 aromatic rings. The van der Waals surface area contributed by atoms with E-state index in [1.54, 1.807) is 0 Å². The van der Waals surface area contributed by atoms with Crippen molar-refractivity contribution in [1.82, 2.24) is 10.6 Å². The number of rotatable bonds is 6. The highest BCUT2D eigenvalue weighted by Gasteiger charge is 2.08. The van der Waals surface area contributed by atoms with E-state index in [9.17, 15) is 0 Å². The molecular formula is C9H22N2. The van der Waals surface area contributed by atoms with Gasteiger partial charge in [-0.1, -0.05) is 20.8 Å². The average molecular weight is 158 g/mol. The molecule has 2 heteroatoms. The number of nitrogens with one attached hydrogen (secondary N) is 2. The van der Waals surface area contributed by atoms with Gasteiger partial charge in [-0.3, -0.25) is 0 Å². The molecule has 0 heterocycles. The molecule has 2 nitrogen and oxygen atoms in total. The third-order valence-corrected chi connectivity index (χ3v) is 2.10. The third-order valence-electron chi connectivity index (χ3n) is 2.10. The van der Waals surface area contributed by atoms with Crippen LogP contribution in [0.15, 0.2) is 0 Å². The van der Waals surface area contributed by atoms with Crippen molar-refractivity contribution in [3.05, 3.63) is 0 Å². The van der Waals surface area contributed by atoms with Crippen molar-refractivity contribution in [3.8, 4) is 0 Å². The first-order chi connectivity index (χ1) is 5.22. The Morgan fingerprint density at radius 1 is 1.09 bits per heavy atom. The van der Waals surface area contributed by atoms with E-state index in [2.05, 4.69) is 38.3 Å². The van der Waals surface area contributed by atoms with Crippen LogP contribution in [0, 0.1) is 5.92 Å². The largest absolute Gasteiger partial charge is 0.317 e. The molecule has 0 aliphatic carbocycles. The van der Waals surface area contributed by atoms with Gasteiger partial charge in [0.2, 0.25) is 0 Å². The Morgan fingerprint density at radius 3 is 2.18 bits per heavy atom. The molecule has 0 aromatic heterocycles. The van der Waals surface area contributed by atoms with Crippen LogP contribution in [0.3, 0.4) is 0 Å². The fourth-order valence-electron chi connectivity index (χ4n) is 1.07. The van der Waals surface area contributed by atoms with E-state index in [1.807, 2.05) is 0 Å². The zero-order valence-corrected chi connectivity index (χ0v) is 8.28. The van der Waals surface area contributed by atoms with Crippen LogP contribution in [0.25, 0.3) is 0 Å². The van der Waals surface area contributed by atoms with Crippen molar-refractivity contribution in [2.75, 3.05) is 19.6 Å². The van der Waals surface area contributed by atoms with E-state index < -0.39 is 0 Å². The quantitative estimate of drug-likeness (QED) is 0.607. The zero-order chi connectivity index (χ0) is 8.69. The van der Waals surface area contributed by atoms with Crippen molar-refractivity contribution in [2.45, 2.75) is 33.7 Å². The number of hydrogen-bond donors (Lipinski definition) is 2. The molecule has 0 spiro atoms. The highest BCUT2D eigenvalue weighted by Crippen LogP contribution is 1.99. The van der Waals surface area contributed by atoms with Crippen LogP contribution in [-0.4, -0.2) is 25.7 Å².